The number of amides is 1. The molecule has 1 aromatic heterocycles. The second-order valence-corrected chi connectivity index (χ2v) is 7.41. The van der Waals surface area contributed by atoms with Gasteiger partial charge in [-0.05, 0) is 18.9 Å². The zero-order chi connectivity index (χ0) is 20.9. The Labute approximate surface area is 165 Å². The van der Waals surface area contributed by atoms with Gasteiger partial charge in [0.05, 0.1) is 27.4 Å². The topological polar surface area (TPSA) is 129 Å². The van der Waals surface area contributed by atoms with Crippen LogP contribution in [0.2, 0.25) is 0 Å². The van der Waals surface area contributed by atoms with E-state index in [1.54, 1.807) is 15.5 Å². The van der Waals surface area contributed by atoms with Crippen molar-refractivity contribution in [2.24, 2.45) is 0 Å². The molecule has 1 aliphatic carbocycles. The van der Waals surface area contributed by atoms with Gasteiger partial charge in [0.15, 0.2) is 5.43 Å². The summed E-state index contributed by atoms with van der Waals surface area (Å²) in [5.74, 6) is -1.64. The van der Waals surface area contributed by atoms with Crippen LogP contribution in [0.5, 0.6) is 0 Å². The van der Waals surface area contributed by atoms with E-state index in [0.717, 1.165) is 18.9 Å². The summed E-state index contributed by atoms with van der Waals surface area (Å²) in [6.45, 7) is 3.23. The summed E-state index contributed by atoms with van der Waals surface area (Å²) in [7, 11) is 0. The van der Waals surface area contributed by atoms with Gasteiger partial charge in [-0.25, -0.2) is 0 Å². The maximum atomic E-state index is 12.6. The van der Waals surface area contributed by atoms with E-state index in [9.17, 15) is 29.6 Å². The first-order chi connectivity index (χ1) is 13.8. The van der Waals surface area contributed by atoms with E-state index in [4.69, 9.17) is 0 Å². The van der Waals surface area contributed by atoms with Crippen LogP contribution in [0.1, 0.15) is 36.2 Å². The number of rotatable bonds is 4. The molecule has 2 aliphatic rings. The number of hydrogen-bond donors (Lipinski definition) is 0. The van der Waals surface area contributed by atoms with Gasteiger partial charge in [0.25, 0.3) is 5.69 Å². The van der Waals surface area contributed by atoms with Gasteiger partial charge in [0.1, 0.15) is 5.69 Å². The predicted octanol–water partition coefficient (Wildman–Crippen LogP) is 0.277. The number of aromatic carboxylic acids is 1. The molecule has 0 unspecified atom stereocenters. The van der Waals surface area contributed by atoms with Crippen LogP contribution in [0.15, 0.2) is 23.1 Å². The number of hydrogen-bond acceptors (Lipinski definition) is 7. The lowest BCUT2D eigenvalue weighted by atomic mass is 10.1. The van der Waals surface area contributed by atoms with Crippen LogP contribution < -0.4 is 15.4 Å². The average molecular weight is 399 g/mol. The Kier molecular flexibility index (Phi) is 4.48. The van der Waals surface area contributed by atoms with Crippen LogP contribution in [0.25, 0.3) is 10.9 Å². The maximum absolute atomic E-state index is 12.6. The Morgan fingerprint density at radius 1 is 1.14 bits per heavy atom. The zero-order valence-corrected chi connectivity index (χ0v) is 15.8. The molecular weight excluding hydrogens is 380 g/mol. The summed E-state index contributed by atoms with van der Waals surface area (Å²) < 4.78 is 1.71. The van der Waals surface area contributed by atoms with Crippen molar-refractivity contribution in [1.82, 2.24) is 9.47 Å². The predicted molar refractivity (Wildman–Crippen MR) is 102 cm³/mol. The quantitative estimate of drug-likeness (QED) is 0.533. The summed E-state index contributed by atoms with van der Waals surface area (Å²) in [6, 6.07) is 2.81. The number of pyridine rings is 1. The third-order valence-corrected chi connectivity index (χ3v) is 5.55. The molecule has 2 aromatic rings. The molecule has 2 fully saturated rings. The number of carboxylic acids is 1. The largest absolute Gasteiger partial charge is 0.545 e. The van der Waals surface area contributed by atoms with Crippen LogP contribution in [0, 0.1) is 10.1 Å². The lowest BCUT2D eigenvalue weighted by Gasteiger charge is -2.35. The molecule has 1 saturated carbocycles. The molecule has 1 amide bonds. The molecule has 1 saturated heterocycles. The molecule has 29 heavy (non-hydrogen) atoms. The van der Waals surface area contributed by atoms with Crippen molar-refractivity contribution in [3.63, 3.8) is 0 Å². The van der Waals surface area contributed by atoms with Crippen molar-refractivity contribution in [3.05, 3.63) is 44.2 Å². The third-order valence-electron chi connectivity index (χ3n) is 5.55. The summed E-state index contributed by atoms with van der Waals surface area (Å²) in [5, 5.41) is 23.1. The number of aromatic nitrogens is 1. The number of benzene rings is 1. The molecule has 0 spiro atoms. The second-order valence-electron chi connectivity index (χ2n) is 7.41. The highest BCUT2D eigenvalue weighted by molar-refractivity contribution is 5.94. The number of carbonyl (C=O) groups excluding carboxylic acids is 2. The third kappa shape index (κ3) is 3.30. The van der Waals surface area contributed by atoms with Crippen molar-refractivity contribution < 1.29 is 19.6 Å². The fourth-order valence-corrected chi connectivity index (χ4v) is 3.84. The van der Waals surface area contributed by atoms with E-state index in [1.807, 2.05) is 4.90 Å². The Hall–Kier alpha value is -3.43. The normalized spacial score (nSPS) is 16.9. The number of nitrogens with zero attached hydrogens (tertiary/aromatic N) is 4. The summed E-state index contributed by atoms with van der Waals surface area (Å²) in [4.78, 5) is 50.2. The van der Waals surface area contributed by atoms with Crippen LogP contribution in [-0.2, 0) is 4.79 Å². The minimum atomic E-state index is -1.60. The lowest BCUT2D eigenvalue weighted by molar-refractivity contribution is -0.384. The van der Waals surface area contributed by atoms with Gasteiger partial charge in [-0.2, -0.15) is 0 Å². The van der Waals surface area contributed by atoms with Gasteiger partial charge < -0.3 is 24.3 Å². The number of fused-ring (bicyclic) bond motifs is 1. The highest BCUT2D eigenvalue weighted by Gasteiger charge is 2.30. The first-order valence-electron chi connectivity index (χ1n) is 9.37. The minimum Gasteiger partial charge on any atom is -0.545 e. The molecule has 0 bridgehead atoms. The van der Waals surface area contributed by atoms with Crippen molar-refractivity contribution in [2.75, 3.05) is 31.1 Å². The first kappa shape index (κ1) is 18.9. The molecule has 2 heterocycles. The first-order valence-corrected chi connectivity index (χ1v) is 9.37. The number of carbonyl (C=O) groups is 2. The van der Waals surface area contributed by atoms with E-state index in [2.05, 4.69) is 0 Å². The van der Waals surface area contributed by atoms with Gasteiger partial charge in [-0.15, -0.1) is 0 Å². The van der Waals surface area contributed by atoms with E-state index in [1.165, 1.54) is 13.1 Å². The minimum absolute atomic E-state index is 0.00331. The van der Waals surface area contributed by atoms with Gasteiger partial charge in [-0.3, -0.25) is 19.7 Å². The van der Waals surface area contributed by atoms with E-state index >= 15 is 0 Å². The zero-order valence-electron chi connectivity index (χ0n) is 15.8. The second kappa shape index (κ2) is 6.87. The van der Waals surface area contributed by atoms with Gasteiger partial charge in [-0.1, -0.05) is 0 Å². The van der Waals surface area contributed by atoms with Crippen molar-refractivity contribution in [3.8, 4) is 0 Å². The molecule has 0 N–H and O–H groups in total. The fraction of sp³-hybridized carbons (Fsp3) is 0.421. The Morgan fingerprint density at radius 2 is 1.79 bits per heavy atom. The van der Waals surface area contributed by atoms with E-state index in [0.29, 0.717) is 37.4 Å². The van der Waals surface area contributed by atoms with Crippen LogP contribution in [-0.4, -0.2) is 52.4 Å². The smallest absolute Gasteiger partial charge is 0.293 e. The number of anilines is 1. The van der Waals surface area contributed by atoms with Crippen molar-refractivity contribution in [1.29, 1.82) is 0 Å². The van der Waals surface area contributed by atoms with Gasteiger partial charge in [0, 0.05) is 51.4 Å². The van der Waals surface area contributed by atoms with Crippen molar-refractivity contribution in [2.45, 2.75) is 25.8 Å². The van der Waals surface area contributed by atoms with Crippen LogP contribution >= 0.6 is 0 Å². The molecule has 10 heteroatoms. The highest BCUT2D eigenvalue weighted by Crippen LogP contribution is 2.39. The highest BCUT2D eigenvalue weighted by atomic mass is 16.6. The SMILES string of the molecule is CC(=O)N1CCN(c2cc3c(cc2[N+](=O)[O-])c(=O)c(C(=O)[O-])cn3C2CC2)CC1. The summed E-state index contributed by atoms with van der Waals surface area (Å²) >= 11 is 0. The molecule has 1 aliphatic heterocycles. The molecule has 4 rings (SSSR count). The monoisotopic (exact) mass is 399 g/mol. The molecule has 152 valence electrons. The fourth-order valence-electron chi connectivity index (χ4n) is 3.84. The Morgan fingerprint density at radius 3 is 2.31 bits per heavy atom. The summed E-state index contributed by atoms with van der Waals surface area (Å²) in [6.07, 6.45) is 2.96. The number of nitro groups is 1. The van der Waals surface area contributed by atoms with E-state index < -0.39 is 21.9 Å². The van der Waals surface area contributed by atoms with E-state index in [-0.39, 0.29) is 23.0 Å². The van der Waals surface area contributed by atoms with Gasteiger partial charge in [0.2, 0.25) is 5.91 Å². The standard InChI is InChI=1S/C19H20N4O6/c1-11(24)20-4-6-21(7-5-20)16-9-15-13(8-17(16)23(28)29)18(25)14(19(26)27)10-22(15)12-2-3-12/h8-10,12H,2-7H2,1H3,(H,26,27)/p-1. The van der Waals surface area contributed by atoms with Crippen molar-refractivity contribution >= 4 is 34.2 Å². The lowest BCUT2D eigenvalue weighted by Crippen LogP contribution is -2.48. The Bertz CT molecular complexity index is 1100. The molecule has 0 radical (unpaired) electrons. The molecule has 0 atom stereocenters. The number of piperazine rings is 1. The van der Waals surface area contributed by atoms with Gasteiger partial charge >= 0.3 is 0 Å². The Balaban J connectivity index is 1.88. The molecular formula is C19H19N4O6-. The molecule has 1 aromatic carbocycles. The number of carboxylic acid groups (broad SMARTS) is 1. The number of nitro benzene ring substituents is 1. The summed E-state index contributed by atoms with van der Waals surface area (Å²) in [5.41, 5.74) is -0.712. The molecule has 10 nitrogen and oxygen atoms in total. The van der Waals surface area contributed by atoms with Crippen LogP contribution in [0.3, 0.4) is 0 Å². The average Bonchev–Trinajstić information content (AvgIpc) is 3.52. The van der Waals surface area contributed by atoms with Crippen LogP contribution in [0.4, 0.5) is 11.4 Å². The maximum Gasteiger partial charge on any atom is 0.293 e.